The quantitative estimate of drug-likeness (QED) is 0.410. The van der Waals surface area contributed by atoms with Crippen LogP contribution in [0.15, 0.2) is 24.3 Å². The van der Waals surface area contributed by atoms with Crippen molar-refractivity contribution in [3.05, 3.63) is 24.3 Å². The third-order valence-electron chi connectivity index (χ3n) is 13.9. The third-order valence-corrected chi connectivity index (χ3v) is 13.9. The first-order chi connectivity index (χ1) is 25.1. The van der Waals surface area contributed by atoms with E-state index < -0.39 is 24.1 Å². The Hall–Kier alpha value is -1.29. The van der Waals surface area contributed by atoms with Crippen LogP contribution in [0, 0.1) is 11.8 Å². The van der Waals surface area contributed by atoms with Gasteiger partial charge in [0.2, 0.25) is 0 Å². The molecule has 0 saturated carbocycles. The zero-order chi connectivity index (χ0) is 35.9. The van der Waals surface area contributed by atoms with Crippen LogP contribution in [0.4, 0.5) is 0 Å². The predicted octanol–water partition coefficient (Wildman–Crippen LogP) is 3.47. The largest absolute Gasteiger partial charge is 0.394 e. The van der Waals surface area contributed by atoms with Crippen molar-refractivity contribution in [2.75, 3.05) is 13.7 Å². The summed E-state index contributed by atoms with van der Waals surface area (Å²) in [5, 5.41) is 20.1. The molecule has 12 nitrogen and oxygen atoms in total. The van der Waals surface area contributed by atoms with Gasteiger partial charge >= 0.3 is 0 Å². The zero-order valence-electron chi connectivity index (χ0n) is 30.7. The molecule has 0 aliphatic carbocycles. The molecule has 10 saturated heterocycles. The number of ketones is 1. The van der Waals surface area contributed by atoms with Crippen LogP contribution in [0.5, 0.6) is 0 Å². The summed E-state index contributed by atoms with van der Waals surface area (Å²) in [6, 6.07) is 0. The molecular formula is C40H58O12. The topological polar surface area (TPSA) is 141 Å². The number of carbonyl (C=O) groups excluding carboxylic acids is 1. The number of Topliss-reactive ketones (excluding diaryl/α,β-unsaturated/α-hetero) is 1. The summed E-state index contributed by atoms with van der Waals surface area (Å²) in [7, 11) is 1.63. The summed E-state index contributed by atoms with van der Waals surface area (Å²) in [5.41, 5.74) is 2.17. The highest BCUT2D eigenvalue weighted by Gasteiger charge is 2.68. The molecular weight excluding hydrogens is 672 g/mol. The second-order valence-corrected chi connectivity index (χ2v) is 17.4. The maximum atomic E-state index is 14.0. The van der Waals surface area contributed by atoms with Gasteiger partial charge in [-0.25, -0.2) is 0 Å². The third kappa shape index (κ3) is 6.59. The lowest BCUT2D eigenvalue weighted by atomic mass is 9.81. The molecule has 0 amide bonds. The zero-order valence-corrected chi connectivity index (χ0v) is 30.7. The average Bonchev–Trinajstić information content (AvgIpc) is 3.79. The molecule has 0 aromatic rings. The number of aliphatic hydroxyl groups is 2. The molecule has 290 valence electrons. The Balaban J connectivity index is 0.994. The van der Waals surface area contributed by atoms with Crippen LogP contribution in [-0.4, -0.2) is 133 Å². The molecule has 12 bridgehead atoms. The van der Waals surface area contributed by atoms with Crippen LogP contribution in [0.25, 0.3) is 0 Å². The molecule has 2 N–H and O–H groups in total. The minimum Gasteiger partial charge on any atom is -0.394 e. The lowest BCUT2D eigenvalue weighted by Gasteiger charge is -2.47. The summed E-state index contributed by atoms with van der Waals surface area (Å²) in [5.74, 6) is -0.709. The molecule has 10 fully saturated rings. The molecule has 52 heavy (non-hydrogen) atoms. The minimum absolute atomic E-state index is 0.0260. The number of methoxy groups -OCH3 is 1. The SMILES string of the molecule is C=C1CC2CC[C@@]34C[C@@H]5O[C@@H]6[C@@H](OC7CCC(CC(=O)CC8[C@H](CC9O[C@@H](CCC1O2)C[C@@H](C)C9=C)O[C@H](C[C@H](O)CO)[C@@H]8OC)OC7[C@@H]6O3)[C@H]5O4. The summed E-state index contributed by atoms with van der Waals surface area (Å²) in [6.07, 6.45) is 4.01. The lowest BCUT2D eigenvalue weighted by molar-refractivity contribution is -0.292. The molecule has 10 heterocycles. The van der Waals surface area contributed by atoms with E-state index in [1.165, 1.54) is 0 Å². The fourth-order valence-electron chi connectivity index (χ4n) is 11.3. The highest BCUT2D eigenvalue weighted by atomic mass is 16.8. The Bertz CT molecular complexity index is 1370. The number of fused-ring (bicyclic) bond motifs is 6. The van der Waals surface area contributed by atoms with Gasteiger partial charge in [-0.05, 0) is 62.0 Å². The van der Waals surface area contributed by atoms with E-state index in [2.05, 4.69) is 20.1 Å². The van der Waals surface area contributed by atoms with Gasteiger partial charge in [0.25, 0.3) is 0 Å². The molecule has 1 spiro atoms. The van der Waals surface area contributed by atoms with Crippen LogP contribution in [0.1, 0.15) is 90.4 Å². The fourth-order valence-corrected chi connectivity index (χ4v) is 11.3. The lowest BCUT2D eigenvalue weighted by Crippen LogP contribution is -2.61. The second kappa shape index (κ2) is 14.3. The maximum absolute atomic E-state index is 14.0. The molecule has 0 aromatic heterocycles. The molecule has 10 aliphatic rings. The predicted molar refractivity (Wildman–Crippen MR) is 184 cm³/mol. The van der Waals surface area contributed by atoms with Gasteiger partial charge in [0, 0.05) is 51.6 Å². The van der Waals surface area contributed by atoms with Gasteiger partial charge in [0.05, 0.1) is 73.8 Å². The standard InChI is InChI=1S/C40H58O12/c1-19-11-24-5-7-28-20(2)12-26(45-28)9-10-40-17-33-36(51-40)37-38(50-33)39(52-40)35-29(49-37)8-6-25(47-35)13-22(42)14-27-31(16-30(46-24)21(19)3)48-32(34(27)44-4)15-23(43)18-41/h19,23-39,41,43H,2-3,5-18H2,1,4H3/t19-,23+,24+,25?,26?,27?,28?,29?,30?,31+,32-,33+,34-,35?,36+,37+,38-,39+,40+/m1/s1. The molecule has 0 aromatic carbocycles. The molecule has 0 radical (unpaired) electrons. The minimum atomic E-state index is -0.951. The van der Waals surface area contributed by atoms with E-state index >= 15 is 0 Å². The number of carbonyl (C=O) groups is 1. The van der Waals surface area contributed by atoms with E-state index in [1.807, 2.05) is 0 Å². The summed E-state index contributed by atoms with van der Waals surface area (Å²) in [4.78, 5) is 14.0. The Morgan fingerprint density at radius 1 is 0.788 bits per heavy atom. The van der Waals surface area contributed by atoms with E-state index in [9.17, 15) is 15.0 Å². The number of ether oxygens (including phenoxy) is 9. The number of hydrogen-bond donors (Lipinski definition) is 2. The van der Waals surface area contributed by atoms with Gasteiger partial charge in [-0.15, -0.1) is 0 Å². The van der Waals surface area contributed by atoms with Crippen molar-refractivity contribution < 1.29 is 57.6 Å². The Labute approximate surface area is 306 Å². The average molecular weight is 731 g/mol. The van der Waals surface area contributed by atoms with E-state index in [-0.39, 0.29) is 123 Å². The summed E-state index contributed by atoms with van der Waals surface area (Å²) in [6.45, 7) is 10.7. The fraction of sp³-hybridized carbons (Fsp3) is 0.875. The highest BCUT2D eigenvalue weighted by molar-refractivity contribution is 5.79. The number of rotatable bonds is 4. The molecule has 10 aliphatic heterocycles. The van der Waals surface area contributed by atoms with E-state index in [0.717, 1.165) is 49.7 Å². The summed E-state index contributed by atoms with van der Waals surface area (Å²) >= 11 is 0. The second-order valence-electron chi connectivity index (χ2n) is 17.4. The normalized spacial score (nSPS) is 52.4. The molecule has 19 atom stereocenters. The molecule has 7 unspecified atom stereocenters. The van der Waals surface area contributed by atoms with Crippen molar-refractivity contribution in [2.24, 2.45) is 11.8 Å². The first-order valence-corrected chi connectivity index (χ1v) is 20.1. The van der Waals surface area contributed by atoms with Crippen LogP contribution < -0.4 is 0 Å². The van der Waals surface area contributed by atoms with Crippen LogP contribution in [0.3, 0.4) is 0 Å². The van der Waals surface area contributed by atoms with Gasteiger partial charge in [-0.1, -0.05) is 20.1 Å². The van der Waals surface area contributed by atoms with Crippen molar-refractivity contribution in [3.63, 3.8) is 0 Å². The van der Waals surface area contributed by atoms with Gasteiger partial charge in [-0.2, -0.15) is 0 Å². The Kier molecular flexibility index (Phi) is 10.0. The van der Waals surface area contributed by atoms with Crippen molar-refractivity contribution >= 4 is 5.78 Å². The molecule has 12 heteroatoms. The first kappa shape index (κ1) is 36.4. The van der Waals surface area contributed by atoms with Crippen molar-refractivity contribution in [1.82, 2.24) is 0 Å². The van der Waals surface area contributed by atoms with Crippen LogP contribution in [0.2, 0.25) is 0 Å². The van der Waals surface area contributed by atoms with Crippen molar-refractivity contribution in [2.45, 2.75) is 194 Å². The van der Waals surface area contributed by atoms with Gasteiger partial charge in [0.15, 0.2) is 5.79 Å². The first-order valence-electron chi connectivity index (χ1n) is 20.1. The van der Waals surface area contributed by atoms with E-state index in [1.54, 1.807) is 7.11 Å². The van der Waals surface area contributed by atoms with Crippen molar-refractivity contribution in [3.8, 4) is 0 Å². The number of hydrogen-bond acceptors (Lipinski definition) is 12. The highest BCUT2D eigenvalue weighted by Crippen LogP contribution is 2.54. The van der Waals surface area contributed by atoms with Gasteiger partial charge in [0.1, 0.15) is 36.3 Å². The van der Waals surface area contributed by atoms with E-state index in [0.29, 0.717) is 25.7 Å². The Morgan fingerprint density at radius 2 is 1.54 bits per heavy atom. The van der Waals surface area contributed by atoms with Crippen LogP contribution >= 0.6 is 0 Å². The van der Waals surface area contributed by atoms with Gasteiger partial charge in [-0.3, -0.25) is 4.79 Å². The molecule has 10 rings (SSSR count). The van der Waals surface area contributed by atoms with E-state index in [4.69, 9.17) is 42.6 Å². The monoisotopic (exact) mass is 730 g/mol. The maximum Gasteiger partial charge on any atom is 0.172 e. The Morgan fingerprint density at radius 3 is 2.37 bits per heavy atom. The smallest absolute Gasteiger partial charge is 0.172 e. The van der Waals surface area contributed by atoms with Crippen molar-refractivity contribution in [1.29, 1.82) is 0 Å². The summed E-state index contributed by atoms with van der Waals surface area (Å²) < 4.78 is 59.8. The van der Waals surface area contributed by atoms with Gasteiger partial charge < -0.3 is 52.8 Å². The number of aliphatic hydroxyl groups excluding tert-OH is 2. The van der Waals surface area contributed by atoms with Crippen LogP contribution in [-0.2, 0) is 47.4 Å².